The minimum Gasteiger partial charge on any atom is -0.361 e. The molecule has 1 aromatic carbocycles. The van der Waals surface area contributed by atoms with Crippen molar-refractivity contribution in [2.45, 2.75) is 13.3 Å². The molecule has 1 aliphatic heterocycles. The lowest BCUT2D eigenvalue weighted by Crippen LogP contribution is -2.32. The third kappa shape index (κ3) is 3.17. The Hall–Kier alpha value is -1.61. The Morgan fingerprint density at radius 3 is 2.71 bits per heavy atom. The quantitative estimate of drug-likeness (QED) is 0.818. The molecule has 1 aliphatic rings. The van der Waals surface area contributed by atoms with E-state index in [1.807, 2.05) is 6.20 Å². The Bertz CT molecular complexity index is 431. The first-order chi connectivity index (χ1) is 8.15. The summed E-state index contributed by atoms with van der Waals surface area (Å²) in [5, 5.41) is 11.2. The fraction of sp³-hybridized carbons (Fsp3) is 0.357. The van der Waals surface area contributed by atoms with E-state index >= 15 is 0 Å². The molecule has 1 saturated heterocycles. The van der Waals surface area contributed by atoms with Gasteiger partial charge in [-0.25, -0.2) is 0 Å². The van der Waals surface area contributed by atoms with Crippen molar-refractivity contribution in [3.8, 4) is 0 Å². The predicted molar refractivity (Wildman–Crippen MR) is 72.7 cm³/mol. The van der Waals surface area contributed by atoms with E-state index in [1.165, 1.54) is 5.56 Å². The Morgan fingerprint density at radius 1 is 1.29 bits per heavy atom. The predicted octanol–water partition coefficient (Wildman–Crippen LogP) is 2.65. The van der Waals surface area contributed by atoms with Gasteiger partial charge in [-0.05, 0) is 26.1 Å². The van der Waals surface area contributed by atoms with Crippen LogP contribution in [0.5, 0.6) is 0 Å². The average Bonchev–Trinajstić information content (AvgIpc) is 2.32. The van der Waals surface area contributed by atoms with Crippen LogP contribution in [0.1, 0.15) is 12.0 Å². The zero-order valence-corrected chi connectivity index (χ0v) is 10.5. The van der Waals surface area contributed by atoms with Gasteiger partial charge in [0.05, 0.1) is 0 Å². The van der Waals surface area contributed by atoms with E-state index in [4.69, 9.17) is 5.41 Å². The fourth-order valence-electron chi connectivity index (χ4n) is 1.88. The minimum absolute atomic E-state index is 0.753. The number of rotatable bonds is 2. The molecule has 2 rings (SSSR count). The number of nitrogens with zero attached hydrogens (tertiary/aromatic N) is 1. The van der Waals surface area contributed by atoms with Crippen LogP contribution in [-0.2, 0) is 0 Å². The highest BCUT2D eigenvalue weighted by molar-refractivity contribution is 5.99. The van der Waals surface area contributed by atoms with Gasteiger partial charge in [-0.1, -0.05) is 17.7 Å². The lowest BCUT2D eigenvalue weighted by Gasteiger charge is -2.25. The van der Waals surface area contributed by atoms with Gasteiger partial charge in [-0.3, -0.25) is 0 Å². The van der Waals surface area contributed by atoms with E-state index in [1.54, 1.807) is 0 Å². The second-order valence-electron chi connectivity index (χ2n) is 4.65. The molecule has 1 fully saturated rings. The van der Waals surface area contributed by atoms with Crippen molar-refractivity contribution in [3.63, 3.8) is 0 Å². The van der Waals surface area contributed by atoms with E-state index < -0.39 is 0 Å². The first-order valence-electron chi connectivity index (χ1n) is 5.94. The van der Waals surface area contributed by atoms with Crippen LogP contribution in [0.3, 0.4) is 0 Å². The van der Waals surface area contributed by atoms with Crippen LogP contribution >= 0.6 is 0 Å². The normalized spacial score (nSPS) is 19.6. The number of likely N-dealkylation sites (tertiary alicyclic amines) is 1. The highest BCUT2D eigenvalue weighted by Crippen LogP contribution is 2.13. The fourth-order valence-corrected chi connectivity index (χ4v) is 1.88. The molecule has 2 N–H and O–H groups in total. The Kier molecular flexibility index (Phi) is 3.59. The first kappa shape index (κ1) is 11.9. The molecule has 0 amide bonds. The van der Waals surface area contributed by atoms with Crippen LogP contribution in [0.15, 0.2) is 36.0 Å². The van der Waals surface area contributed by atoms with Gasteiger partial charge in [0.2, 0.25) is 0 Å². The summed E-state index contributed by atoms with van der Waals surface area (Å²) in [7, 11) is 2.09. The number of benzene rings is 1. The summed E-state index contributed by atoms with van der Waals surface area (Å²) in [6.07, 6.45) is 2.81. The number of piperidine rings is 1. The van der Waals surface area contributed by atoms with Crippen LogP contribution < -0.4 is 5.32 Å². The molecule has 3 nitrogen and oxygen atoms in total. The van der Waals surface area contributed by atoms with Crippen molar-refractivity contribution in [1.82, 2.24) is 4.90 Å². The molecule has 90 valence electrons. The lowest BCUT2D eigenvalue weighted by atomic mass is 10.0. The van der Waals surface area contributed by atoms with Crippen molar-refractivity contribution in [1.29, 1.82) is 5.41 Å². The number of likely N-dealkylation sites (N-methyl/N-ethyl adjacent to an activating group) is 1. The maximum atomic E-state index is 7.90. The molecule has 0 unspecified atom stereocenters. The van der Waals surface area contributed by atoms with Gasteiger partial charge in [-0.2, -0.15) is 0 Å². The lowest BCUT2D eigenvalue weighted by molar-refractivity contribution is 0.364. The molecule has 0 atom stereocenters. The highest BCUT2D eigenvalue weighted by atomic mass is 15.1. The first-order valence-corrected chi connectivity index (χ1v) is 5.94. The van der Waals surface area contributed by atoms with Gasteiger partial charge in [-0.15, -0.1) is 0 Å². The molecule has 1 aromatic rings. The third-order valence-electron chi connectivity index (χ3n) is 3.04. The Morgan fingerprint density at radius 2 is 2.00 bits per heavy atom. The molecule has 0 aliphatic carbocycles. The monoisotopic (exact) mass is 229 g/mol. The summed E-state index contributed by atoms with van der Waals surface area (Å²) in [5.41, 5.74) is 4.17. The molecule has 1 heterocycles. The summed E-state index contributed by atoms with van der Waals surface area (Å²) in [6, 6.07) is 8.28. The van der Waals surface area contributed by atoms with Gasteiger partial charge in [0.15, 0.2) is 0 Å². The summed E-state index contributed by atoms with van der Waals surface area (Å²) in [4.78, 5) is 2.24. The standard InChI is InChI=1S/C14H19N3/c1-11-3-5-13(6-4-11)16-9-12-10-17(2)8-7-14(12)15/h3-6,9,15-16H,7-8,10H2,1-2H3/b12-9-,15-14?. The zero-order chi connectivity index (χ0) is 12.3. The smallest absolute Gasteiger partial charge is 0.0386 e. The van der Waals surface area contributed by atoms with E-state index in [9.17, 15) is 0 Å². The maximum Gasteiger partial charge on any atom is 0.0386 e. The second kappa shape index (κ2) is 5.15. The number of anilines is 1. The number of hydrogen-bond acceptors (Lipinski definition) is 3. The summed E-state index contributed by atoms with van der Waals surface area (Å²) in [6.45, 7) is 3.92. The van der Waals surface area contributed by atoms with E-state index in [2.05, 4.69) is 48.5 Å². The van der Waals surface area contributed by atoms with Gasteiger partial charge >= 0.3 is 0 Å². The molecule has 3 heteroatoms. The minimum atomic E-state index is 0.753. The molecule has 17 heavy (non-hydrogen) atoms. The van der Waals surface area contributed by atoms with Gasteiger partial charge in [0, 0.05) is 42.7 Å². The topological polar surface area (TPSA) is 39.1 Å². The number of aryl methyl sites for hydroxylation is 1. The molecule has 0 saturated carbocycles. The number of nitrogens with one attached hydrogen (secondary N) is 2. The van der Waals surface area contributed by atoms with E-state index in [0.29, 0.717) is 0 Å². The SMILES string of the molecule is Cc1ccc(N/C=C2/CN(C)CCC2=N)cc1. The zero-order valence-electron chi connectivity index (χ0n) is 10.5. The highest BCUT2D eigenvalue weighted by Gasteiger charge is 2.14. The maximum absolute atomic E-state index is 7.90. The summed E-state index contributed by atoms with van der Waals surface area (Å²) < 4.78 is 0. The van der Waals surface area contributed by atoms with Crippen LogP contribution in [0, 0.1) is 12.3 Å². The summed E-state index contributed by atoms with van der Waals surface area (Å²) in [5.74, 6) is 0. The van der Waals surface area contributed by atoms with Crippen molar-refractivity contribution in [2.75, 3.05) is 25.5 Å². The van der Waals surface area contributed by atoms with Gasteiger partial charge in [0.1, 0.15) is 0 Å². The molecule has 0 spiro atoms. The van der Waals surface area contributed by atoms with E-state index in [-0.39, 0.29) is 0 Å². The number of hydrogen-bond donors (Lipinski definition) is 2. The van der Waals surface area contributed by atoms with E-state index in [0.717, 1.165) is 36.5 Å². The molecular formula is C14H19N3. The average molecular weight is 229 g/mol. The van der Waals surface area contributed by atoms with Gasteiger partial charge in [0.25, 0.3) is 0 Å². The Labute approximate surface area is 103 Å². The van der Waals surface area contributed by atoms with Crippen LogP contribution in [0.4, 0.5) is 5.69 Å². The van der Waals surface area contributed by atoms with Crippen LogP contribution in [-0.4, -0.2) is 30.7 Å². The third-order valence-corrected chi connectivity index (χ3v) is 3.04. The van der Waals surface area contributed by atoms with Crippen molar-refractivity contribution < 1.29 is 0 Å². The molecule has 0 aromatic heterocycles. The molecular weight excluding hydrogens is 210 g/mol. The van der Waals surface area contributed by atoms with Crippen molar-refractivity contribution >= 4 is 11.4 Å². The second-order valence-corrected chi connectivity index (χ2v) is 4.65. The summed E-state index contributed by atoms with van der Waals surface area (Å²) >= 11 is 0. The largest absolute Gasteiger partial charge is 0.361 e. The molecule has 0 radical (unpaired) electrons. The van der Waals surface area contributed by atoms with Crippen LogP contribution in [0.2, 0.25) is 0 Å². The van der Waals surface area contributed by atoms with Crippen LogP contribution in [0.25, 0.3) is 0 Å². The van der Waals surface area contributed by atoms with Gasteiger partial charge < -0.3 is 15.6 Å². The van der Waals surface area contributed by atoms with Crippen molar-refractivity contribution in [3.05, 3.63) is 41.6 Å². The Balaban J connectivity index is 2.04. The molecule has 0 bridgehead atoms. The van der Waals surface area contributed by atoms with Crippen molar-refractivity contribution in [2.24, 2.45) is 0 Å².